The lowest BCUT2D eigenvalue weighted by atomic mass is 9.96. The van der Waals surface area contributed by atoms with Gasteiger partial charge in [-0.05, 0) is 60.5 Å². The fourth-order valence-corrected chi connectivity index (χ4v) is 2.72. The molecule has 0 radical (unpaired) electrons. The fraction of sp³-hybridized carbons (Fsp3) is 0.200. The first kappa shape index (κ1) is 18.7. The largest absolute Gasteiger partial charge is 0.384 e. The molecule has 0 saturated carbocycles. The van der Waals surface area contributed by atoms with Gasteiger partial charge in [0.05, 0.1) is 12.2 Å². The van der Waals surface area contributed by atoms with E-state index in [1.165, 1.54) is 48.0 Å². The molecule has 1 unspecified atom stereocenters. The maximum absolute atomic E-state index is 13.1. The topological polar surface area (TPSA) is 67.2 Å². The van der Waals surface area contributed by atoms with Gasteiger partial charge in [-0.15, -0.1) is 0 Å². The third-order valence-electron chi connectivity index (χ3n) is 4.31. The quantitative estimate of drug-likeness (QED) is 0.725. The van der Waals surface area contributed by atoms with Crippen molar-refractivity contribution in [1.29, 1.82) is 0 Å². The van der Waals surface area contributed by atoms with Gasteiger partial charge in [0.25, 0.3) is 5.91 Å². The van der Waals surface area contributed by atoms with Crippen molar-refractivity contribution in [3.8, 4) is 11.3 Å². The highest BCUT2D eigenvalue weighted by Crippen LogP contribution is 2.22. The molecular formula is C20H19F2N3O2. The van der Waals surface area contributed by atoms with Gasteiger partial charge in [-0.25, -0.2) is 8.78 Å². The Bertz CT molecular complexity index is 948. The van der Waals surface area contributed by atoms with Crippen molar-refractivity contribution in [2.45, 2.75) is 12.5 Å². The molecule has 3 rings (SSSR count). The molecule has 0 aliphatic heterocycles. The molecule has 3 aromatic rings. The van der Waals surface area contributed by atoms with Crippen LogP contribution < -0.4 is 5.32 Å². The van der Waals surface area contributed by atoms with E-state index in [0.717, 1.165) is 5.56 Å². The summed E-state index contributed by atoms with van der Waals surface area (Å²) in [5.74, 6) is -1.20. The number of halogens is 2. The van der Waals surface area contributed by atoms with Crippen LogP contribution in [0.25, 0.3) is 11.3 Å². The second kappa shape index (κ2) is 7.28. The van der Waals surface area contributed by atoms with E-state index in [4.69, 9.17) is 0 Å². The van der Waals surface area contributed by atoms with E-state index in [0.29, 0.717) is 11.3 Å². The maximum Gasteiger partial charge on any atom is 0.271 e. The highest BCUT2D eigenvalue weighted by atomic mass is 19.1. The summed E-state index contributed by atoms with van der Waals surface area (Å²) in [6.45, 7) is 1.46. The Morgan fingerprint density at radius 3 is 2.26 bits per heavy atom. The molecular weight excluding hydrogens is 352 g/mol. The van der Waals surface area contributed by atoms with Gasteiger partial charge in [0.2, 0.25) is 0 Å². The van der Waals surface area contributed by atoms with Crippen LogP contribution >= 0.6 is 0 Å². The van der Waals surface area contributed by atoms with Crippen LogP contribution in [0.1, 0.15) is 23.0 Å². The number of aliphatic hydroxyl groups is 1. The van der Waals surface area contributed by atoms with Gasteiger partial charge < -0.3 is 10.4 Å². The van der Waals surface area contributed by atoms with E-state index in [-0.39, 0.29) is 18.1 Å². The number of nitrogens with one attached hydrogen (secondary N) is 1. The fourth-order valence-electron chi connectivity index (χ4n) is 2.72. The molecule has 0 aliphatic carbocycles. The summed E-state index contributed by atoms with van der Waals surface area (Å²) in [6, 6.07) is 12.9. The number of aromatic nitrogens is 2. The molecule has 0 bridgehead atoms. The van der Waals surface area contributed by atoms with Crippen LogP contribution in [0.5, 0.6) is 0 Å². The molecule has 0 spiro atoms. The van der Waals surface area contributed by atoms with E-state index < -0.39 is 17.3 Å². The second-order valence-electron chi connectivity index (χ2n) is 6.51. The number of carbonyl (C=O) groups is 1. The first-order chi connectivity index (χ1) is 12.8. The smallest absolute Gasteiger partial charge is 0.271 e. The molecule has 1 amide bonds. The van der Waals surface area contributed by atoms with E-state index in [2.05, 4.69) is 10.4 Å². The predicted octanol–water partition coefficient (Wildman–Crippen LogP) is 3.00. The number of hydrogen-bond donors (Lipinski definition) is 2. The Hall–Kier alpha value is -3.06. The molecule has 1 atom stereocenters. The average molecular weight is 371 g/mol. The average Bonchev–Trinajstić information content (AvgIpc) is 3.03. The SMILES string of the molecule is Cn1nc(C(=O)NCC(C)(O)c2ccc(F)cc2)cc1-c1ccc(F)cc1. The summed E-state index contributed by atoms with van der Waals surface area (Å²) < 4.78 is 27.6. The summed E-state index contributed by atoms with van der Waals surface area (Å²) in [7, 11) is 1.68. The van der Waals surface area contributed by atoms with E-state index in [1.807, 2.05) is 0 Å². The Labute approximate surface area is 155 Å². The minimum Gasteiger partial charge on any atom is -0.384 e. The lowest BCUT2D eigenvalue weighted by molar-refractivity contribution is 0.0524. The van der Waals surface area contributed by atoms with Crippen molar-refractivity contribution in [3.05, 3.63) is 77.5 Å². The van der Waals surface area contributed by atoms with Crippen LogP contribution in [0, 0.1) is 11.6 Å². The Morgan fingerprint density at radius 2 is 1.67 bits per heavy atom. The van der Waals surface area contributed by atoms with Crippen molar-refractivity contribution in [1.82, 2.24) is 15.1 Å². The van der Waals surface area contributed by atoms with Crippen LogP contribution in [0.3, 0.4) is 0 Å². The number of benzene rings is 2. The summed E-state index contributed by atoms with van der Waals surface area (Å²) in [5, 5.41) is 17.3. The first-order valence-corrected chi connectivity index (χ1v) is 8.33. The number of amides is 1. The maximum atomic E-state index is 13.1. The monoisotopic (exact) mass is 371 g/mol. The van der Waals surface area contributed by atoms with Gasteiger partial charge in [-0.3, -0.25) is 9.48 Å². The van der Waals surface area contributed by atoms with E-state index >= 15 is 0 Å². The molecule has 0 saturated heterocycles. The summed E-state index contributed by atoms with van der Waals surface area (Å²) in [5.41, 5.74) is 0.677. The number of aryl methyl sites for hydroxylation is 1. The minimum absolute atomic E-state index is 0.0695. The van der Waals surface area contributed by atoms with Crippen molar-refractivity contribution in [2.75, 3.05) is 6.54 Å². The number of rotatable bonds is 5. The minimum atomic E-state index is -1.36. The molecule has 0 fully saturated rings. The molecule has 27 heavy (non-hydrogen) atoms. The number of hydrogen-bond acceptors (Lipinski definition) is 3. The van der Waals surface area contributed by atoms with Gasteiger partial charge in [0.1, 0.15) is 17.2 Å². The summed E-state index contributed by atoms with van der Waals surface area (Å²) in [4.78, 5) is 12.4. The molecule has 140 valence electrons. The molecule has 5 nitrogen and oxygen atoms in total. The summed E-state index contributed by atoms with van der Waals surface area (Å²) in [6.07, 6.45) is 0. The van der Waals surface area contributed by atoms with Gasteiger partial charge in [-0.2, -0.15) is 5.10 Å². The van der Waals surface area contributed by atoms with Gasteiger partial charge in [0.15, 0.2) is 5.69 Å². The van der Waals surface area contributed by atoms with Crippen LogP contribution in [0.4, 0.5) is 8.78 Å². The van der Waals surface area contributed by atoms with Crippen LogP contribution in [0.15, 0.2) is 54.6 Å². The molecule has 1 heterocycles. The first-order valence-electron chi connectivity index (χ1n) is 8.33. The lowest BCUT2D eigenvalue weighted by Gasteiger charge is -2.24. The van der Waals surface area contributed by atoms with Crippen molar-refractivity contribution in [3.63, 3.8) is 0 Å². The molecule has 0 aliphatic rings. The van der Waals surface area contributed by atoms with Crippen LogP contribution in [-0.4, -0.2) is 27.3 Å². The molecule has 2 N–H and O–H groups in total. The Kier molecular flexibility index (Phi) is 5.05. The molecule has 7 heteroatoms. The molecule has 1 aromatic heterocycles. The van der Waals surface area contributed by atoms with Gasteiger partial charge >= 0.3 is 0 Å². The third-order valence-corrected chi connectivity index (χ3v) is 4.31. The van der Waals surface area contributed by atoms with Crippen molar-refractivity contribution in [2.24, 2.45) is 7.05 Å². The van der Waals surface area contributed by atoms with Crippen molar-refractivity contribution >= 4 is 5.91 Å². The number of carbonyl (C=O) groups excluding carboxylic acids is 1. The van der Waals surface area contributed by atoms with Crippen molar-refractivity contribution < 1.29 is 18.7 Å². The Balaban J connectivity index is 1.72. The standard InChI is InChI=1S/C20H19F2N3O2/c1-20(27,14-5-9-16(22)10-6-14)12-23-19(26)17-11-18(25(2)24-17)13-3-7-15(21)8-4-13/h3-11,27H,12H2,1-2H3,(H,23,26). The Morgan fingerprint density at radius 1 is 1.11 bits per heavy atom. The highest BCUT2D eigenvalue weighted by molar-refractivity contribution is 5.93. The van der Waals surface area contributed by atoms with Gasteiger partial charge in [0, 0.05) is 7.05 Å². The number of nitrogens with zero attached hydrogens (tertiary/aromatic N) is 2. The zero-order valence-electron chi connectivity index (χ0n) is 14.9. The van der Waals surface area contributed by atoms with Crippen LogP contribution in [-0.2, 0) is 12.6 Å². The molecule has 2 aromatic carbocycles. The van der Waals surface area contributed by atoms with Crippen LogP contribution in [0.2, 0.25) is 0 Å². The zero-order valence-corrected chi connectivity index (χ0v) is 14.9. The predicted molar refractivity (Wildman–Crippen MR) is 96.9 cm³/mol. The zero-order chi connectivity index (χ0) is 19.6. The van der Waals surface area contributed by atoms with E-state index in [9.17, 15) is 18.7 Å². The third kappa shape index (κ3) is 4.20. The normalized spacial score (nSPS) is 13.2. The highest BCUT2D eigenvalue weighted by Gasteiger charge is 2.25. The summed E-state index contributed by atoms with van der Waals surface area (Å²) >= 11 is 0. The van der Waals surface area contributed by atoms with E-state index in [1.54, 1.807) is 25.2 Å². The second-order valence-corrected chi connectivity index (χ2v) is 6.51. The lowest BCUT2D eigenvalue weighted by Crippen LogP contribution is -2.38. The van der Waals surface area contributed by atoms with Gasteiger partial charge in [-0.1, -0.05) is 12.1 Å².